The molecule has 2 rings (SSSR count). The zero-order valence-electron chi connectivity index (χ0n) is 11.1. The molecule has 1 aromatic rings. The summed E-state index contributed by atoms with van der Waals surface area (Å²) in [6, 6.07) is 2.34. The first-order valence-electron chi connectivity index (χ1n) is 6.53. The molecule has 7 heteroatoms. The highest BCUT2D eigenvalue weighted by atomic mass is 16.2. The van der Waals surface area contributed by atoms with Crippen LogP contribution in [0.5, 0.6) is 0 Å². The number of hydrogen-bond donors (Lipinski definition) is 0. The number of likely N-dealkylation sites (tertiary alicyclic amines) is 1. The summed E-state index contributed by atoms with van der Waals surface area (Å²) in [5.41, 5.74) is -0.261. The van der Waals surface area contributed by atoms with Crippen molar-refractivity contribution in [3.63, 3.8) is 0 Å². The van der Waals surface area contributed by atoms with E-state index in [-0.39, 0.29) is 11.3 Å². The predicted octanol–water partition coefficient (Wildman–Crippen LogP) is 0.606. The standard InChI is InChI=1S/C12H18N6O/c1-12(9-13)4-7-17(8-5-12)11(19)3-2-6-18-10-14-15-16-18/h10H,2-8H2,1H3. The number of nitrogens with zero attached hydrogens (tertiary/aromatic N) is 6. The van der Waals surface area contributed by atoms with Crippen LogP contribution in [-0.2, 0) is 11.3 Å². The molecule has 0 unspecified atom stereocenters. The van der Waals surface area contributed by atoms with Crippen LogP contribution in [0, 0.1) is 16.7 Å². The Balaban J connectivity index is 1.71. The maximum Gasteiger partial charge on any atom is 0.222 e. The van der Waals surface area contributed by atoms with Gasteiger partial charge in [0.05, 0.1) is 11.5 Å². The van der Waals surface area contributed by atoms with Crippen molar-refractivity contribution in [2.75, 3.05) is 13.1 Å². The lowest BCUT2D eigenvalue weighted by atomic mass is 9.82. The summed E-state index contributed by atoms with van der Waals surface area (Å²) in [6.45, 7) is 4.00. The fraction of sp³-hybridized carbons (Fsp3) is 0.750. The van der Waals surface area contributed by atoms with Crippen LogP contribution in [0.1, 0.15) is 32.6 Å². The van der Waals surface area contributed by atoms with Crippen molar-refractivity contribution >= 4 is 5.91 Å². The zero-order chi connectivity index (χ0) is 13.7. The minimum Gasteiger partial charge on any atom is -0.343 e. The molecule has 1 amide bonds. The molecule has 1 aliphatic heterocycles. The Hall–Kier alpha value is -1.97. The molecule has 2 heterocycles. The number of nitriles is 1. The molecular formula is C12H18N6O. The molecule has 19 heavy (non-hydrogen) atoms. The number of amides is 1. The van der Waals surface area contributed by atoms with Gasteiger partial charge in [-0.25, -0.2) is 4.68 Å². The summed E-state index contributed by atoms with van der Waals surface area (Å²) in [4.78, 5) is 13.9. The summed E-state index contributed by atoms with van der Waals surface area (Å²) in [7, 11) is 0. The van der Waals surface area contributed by atoms with E-state index in [1.165, 1.54) is 0 Å². The van der Waals surface area contributed by atoms with E-state index in [1.807, 2.05) is 11.8 Å². The van der Waals surface area contributed by atoms with E-state index in [9.17, 15) is 4.79 Å². The van der Waals surface area contributed by atoms with Crippen LogP contribution in [0.2, 0.25) is 0 Å². The monoisotopic (exact) mass is 262 g/mol. The third-order valence-corrected chi connectivity index (χ3v) is 3.66. The van der Waals surface area contributed by atoms with Crippen molar-refractivity contribution in [3.8, 4) is 6.07 Å². The molecule has 0 bridgehead atoms. The quantitative estimate of drug-likeness (QED) is 0.793. The number of aryl methyl sites for hydroxylation is 1. The Kier molecular flexibility index (Phi) is 4.10. The molecule has 1 aromatic heterocycles. The lowest BCUT2D eigenvalue weighted by molar-refractivity contribution is -0.133. The Labute approximate surface area is 112 Å². The van der Waals surface area contributed by atoms with Crippen molar-refractivity contribution in [2.45, 2.75) is 39.2 Å². The zero-order valence-corrected chi connectivity index (χ0v) is 11.1. The smallest absolute Gasteiger partial charge is 0.222 e. The van der Waals surface area contributed by atoms with Crippen LogP contribution in [-0.4, -0.2) is 44.1 Å². The van der Waals surface area contributed by atoms with Gasteiger partial charge in [0.15, 0.2) is 0 Å². The van der Waals surface area contributed by atoms with Crippen LogP contribution < -0.4 is 0 Å². The van der Waals surface area contributed by atoms with E-state index in [4.69, 9.17) is 5.26 Å². The molecule has 0 saturated carbocycles. The average Bonchev–Trinajstić information content (AvgIpc) is 2.92. The molecule has 0 radical (unpaired) electrons. The second-order valence-corrected chi connectivity index (χ2v) is 5.23. The van der Waals surface area contributed by atoms with Gasteiger partial charge in [-0.05, 0) is 36.6 Å². The van der Waals surface area contributed by atoms with Crippen LogP contribution in [0.3, 0.4) is 0 Å². The minimum atomic E-state index is -0.261. The summed E-state index contributed by atoms with van der Waals surface area (Å²) in [5, 5.41) is 19.9. The van der Waals surface area contributed by atoms with E-state index < -0.39 is 0 Å². The topological polar surface area (TPSA) is 87.7 Å². The van der Waals surface area contributed by atoms with E-state index in [0.29, 0.717) is 26.1 Å². The van der Waals surface area contributed by atoms with Crippen LogP contribution in [0.15, 0.2) is 6.33 Å². The summed E-state index contributed by atoms with van der Waals surface area (Å²) >= 11 is 0. The molecule has 1 aliphatic rings. The first-order valence-corrected chi connectivity index (χ1v) is 6.53. The van der Waals surface area contributed by atoms with Gasteiger partial charge < -0.3 is 4.90 Å². The highest BCUT2D eigenvalue weighted by molar-refractivity contribution is 5.76. The van der Waals surface area contributed by atoms with Crippen LogP contribution in [0.4, 0.5) is 0 Å². The maximum atomic E-state index is 12.0. The van der Waals surface area contributed by atoms with Crippen molar-refractivity contribution in [1.82, 2.24) is 25.1 Å². The Bertz CT molecular complexity index is 455. The van der Waals surface area contributed by atoms with Gasteiger partial charge in [0.25, 0.3) is 0 Å². The Morgan fingerprint density at radius 1 is 1.47 bits per heavy atom. The van der Waals surface area contributed by atoms with E-state index in [0.717, 1.165) is 19.3 Å². The number of tetrazole rings is 1. The molecule has 0 spiro atoms. The molecule has 0 aromatic carbocycles. The lowest BCUT2D eigenvalue weighted by Crippen LogP contribution is -2.41. The third-order valence-electron chi connectivity index (χ3n) is 3.66. The number of piperidine rings is 1. The number of aromatic nitrogens is 4. The Morgan fingerprint density at radius 2 is 2.21 bits per heavy atom. The first-order chi connectivity index (χ1) is 9.13. The van der Waals surface area contributed by atoms with Crippen LogP contribution >= 0.6 is 0 Å². The maximum absolute atomic E-state index is 12.0. The number of carbonyl (C=O) groups excluding carboxylic acids is 1. The largest absolute Gasteiger partial charge is 0.343 e. The number of hydrogen-bond acceptors (Lipinski definition) is 5. The summed E-state index contributed by atoms with van der Waals surface area (Å²) < 4.78 is 1.62. The number of carbonyl (C=O) groups is 1. The first kappa shape index (κ1) is 13.5. The molecule has 7 nitrogen and oxygen atoms in total. The molecule has 1 fully saturated rings. The highest BCUT2D eigenvalue weighted by Crippen LogP contribution is 2.29. The minimum absolute atomic E-state index is 0.160. The summed E-state index contributed by atoms with van der Waals surface area (Å²) in [6.07, 6.45) is 4.31. The van der Waals surface area contributed by atoms with Crippen molar-refractivity contribution in [3.05, 3.63) is 6.33 Å². The molecule has 0 atom stereocenters. The predicted molar refractivity (Wildman–Crippen MR) is 66.6 cm³/mol. The molecule has 102 valence electrons. The van der Waals surface area contributed by atoms with E-state index >= 15 is 0 Å². The van der Waals surface area contributed by atoms with Crippen LogP contribution in [0.25, 0.3) is 0 Å². The van der Waals surface area contributed by atoms with E-state index in [1.54, 1.807) is 11.0 Å². The average molecular weight is 262 g/mol. The van der Waals surface area contributed by atoms with Gasteiger partial charge in [0.2, 0.25) is 5.91 Å². The van der Waals surface area contributed by atoms with Gasteiger partial charge in [-0.2, -0.15) is 5.26 Å². The second kappa shape index (κ2) is 5.78. The van der Waals surface area contributed by atoms with Gasteiger partial charge in [0.1, 0.15) is 6.33 Å². The van der Waals surface area contributed by atoms with E-state index in [2.05, 4.69) is 21.6 Å². The molecule has 0 N–H and O–H groups in total. The third kappa shape index (κ3) is 3.50. The normalized spacial score (nSPS) is 18.0. The van der Waals surface area contributed by atoms with Gasteiger partial charge in [-0.3, -0.25) is 4.79 Å². The number of rotatable bonds is 4. The van der Waals surface area contributed by atoms with Gasteiger partial charge in [-0.15, -0.1) is 5.10 Å². The molecule has 1 saturated heterocycles. The fourth-order valence-corrected chi connectivity index (χ4v) is 2.19. The fourth-order valence-electron chi connectivity index (χ4n) is 2.19. The molecular weight excluding hydrogens is 244 g/mol. The Morgan fingerprint density at radius 3 is 2.79 bits per heavy atom. The van der Waals surface area contributed by atoms with Crippen molar-refractivity contribution in [1.29, 1.82) is 5.26 Å². The highest BCUT2D eigenvalue weighted by Gasteiger charge is 2.31. The van der Waals surface area contributed by atoms with Gasteiger partial charge in [0, 0.05) is 26.1 Å². The van der Waals surface area contributed by atoms with Crippen molar-refractivity contribution in [2.24, 2.45) is 5.41 Å². The van der Waals surface area contributed by atoms with Gasteiger partial charge in [-0.1, -0.05) is 0 Å². The molecule has 0 aliphatic carbocycles. The lowest BCUT2D eigenvalue weighted by Gasteiger charge is -2.35. The van der Waals surface area contributed by atoms with Gasteiger partial charge >= 0.3 is 0 Å². The SMILES string of the molecule is CC1(C#N)CCN(C(=O)CCCn2cnnn2)CC1. The summed E-state index contributed by atoms with van der Waals surface area (Å²) in [5.74, 6) is 0.160. The van der Waals surface area contributed by atoms with Crippen molar-refractivity contribution < 1.29 is 4.79 Å². The second-order valence-electron chi connectivity index (χ2n) is 5.23.